The van der Waals surface area contributed by atoms with Gasteiger partial charge in [-0.3, -0.25) is 14.2 Å². The zero-order valence-electron chi connectivity index (χ0n) is 22.6. The van der Waals surface area contributed by atoms with Gasteiger partial charge in [0.25, 0.3) is 11.5 Å². The summed E-state index contributed by atoms with van der Waals surface area (Å²) in [6, 6.07) is 16.4. The summed E-state index contributed by atoms with van der Waals surface area (Å²) < 4.78 is 7.26. The van der Waals surface area contributed by atoms with E-state index in [1.54, 1.807) is 23.3 Å². The quantitative estimate of drug-likeness (QED) is 0.294. The van der Waals surface area contributed by atoms with E-state index in [0.29, 0.717) is 32.7 Å². The Labute approximate surface area is 231 Å². The lowest BCUT2D eigenvalue weighted by molar-refractivity contribution is -0.139. The minimum atomic E-state index is -0.697. The molecule has 1 amide bonds. The molecule has 0 N–H and O–H groups in total. The summed E-state index contributed by atoms with van der Waals surface area (Å²) in [5, 5.41) is 0. The molecule has 0 spiro atoms. The third kappa shape index (κ3) is 4.89. The number of hydrogen-bond acceptors (Lipinski definition) is 6. The second-order valence-electron chi connectivity index (χ2n) is 9.80. The van der Waals surface area contributed by atoms with E-state index in [-0.39, 0.29) is 18.1 Å². The van der Waals surface area contributed by atoms with Crippen LogP contribution in [-0.2, 0) is 14.3 Å². The fourth-order valence-electron chi connectivity index (χ4n) is 5.39. The molecule has 0 radical (unpaired) electrons. The van der Waals surface area contributed by atoms with Gasteiger partial charge in [0.2, 0.25) is 0 Å². The van der Waals surface area contributed by atoms with Crippen LogP contribution in [0.15, 0.2) is 75.7 Å². The van der Waals surface area contributed by atoms with Crippen LogP contribution in [0.4, 0.5) is 5.69 Å². The molecule has 0 saturated carbocycles. The minimum absolute atomic E-state index is 0.158. The molecule has 7 nitrogen and oxygen atoms in total. The standard InChI is InChI=1S/C31H33N3O4S/c1-4-6-7-8-14-19-33-23-18-13-12-17-22(23)25(28(33)35)27-29(36)34-26(21-15-10-9-11-16-21)24(30(37)38-5-2)20(3)32-31(34)39-27/h9-13,15-18,26H,4-8,14,19H2,1-3H3/b27-25-/t26-/m0/s1. The van der Waals surface area contributed by atoms with Crippen molar-refractivity contribution in [1.82, 2.24) is 4.57 Å². The van der Waals surface area contributed by atoms with Crippen LogP contribution in [-0.4, -0.2) is 29.6 Å². The average molecular weight is 544 g/mol. The number of carbonyl (C=O) groups excluding carboxylic acids is 2. The highest BCUT2D eigenvalue weighted by molar-refractivity contribution is 7.07. The number of esters is 1. The van der Waals surface area contributed by atoms with Crippen LogP contribution in [0.2, 0.25) is 0 Å². The fraction of sp³-hybridized carbons (Fsp3) is 0.355. The first kappa shape index (κ1) is 26.8. The van der Waals surface area contributed by atoms with Crippen molar-refractivity contribution in [2.45, 2.75) is 58.9 Å². The summed E-state index contributed by atoms with van der Waals surface area (Å²) in [6.45, 7) is 6.52. The Hall–Kier alpha value is -3.78. The Bertz CT molecular complexity index is 1620. The number of ether oxygens (including phenoxy) is 1. The number of unbranched alkanes of at least 4 members (excludes halogenated alkanes) is 4. The first-order valence-electron chi connectivity index (χ1n) is 13.7. The van der Waals surface area contributed by atoms with Gasteiger partial charge in [-0.2, -0.15) is 0 Å². The Morgan fingerprint density at radius 1 is 0.974 bits per heavy atom. The van der Waals surface area contributed by atoms with Crippen molar-refractivity contribution in [3.8, 4) is 0 Å². The lowest BCUT2D eigenvalue weighted by Gasteiger charge is -2.24. The van der Waals surface area contributed by atoms with Crippen LogP contribution < -0.4 is 19.8 Å². The molecule has 0 unspecified atom stereocenters. The van der Waals surface area contributed by atoms with Crippen molar-refractivity contribution < 1.29 is 14.3 Å². The number of rotatable bonds is 9. The smallest absolute Gasteiger partial charge is 0.338 e. The highest BCUT2D eigenvalue weighted by Gasteiger charge is 2.37. The molecule has 2 aromatic carbocycles. The van der Waals surface area contributed by atoms with Crippen molar-refractivity contribution in [2.24, 2.45) is 4.99 Å². The maximum absolute atomic E-state index is 14.2. The van der Waals surface area contributed by atoms with Gasteiger partial charge in [0.15, 0.2) is 4.80 Å². The second kappa shape index (κ2) is 11.5. The molecule has 5 rings (SSSR count). The summed E-state index contributed by atoms with van der Waals surface area (Å²) in [5.41, 5.74) is 3.30. The largest absolute Gasteiger partial charge is 0.463 e. The van der Waals surface area contributed by atoms with Gasteiger partial charge < -0.3 is 9.64 Å². The minimum Gasteiger partial charge on any atom is -0.463 e. The van der Waals surface area contributed by atoms with Crippen LogP contribution in [0.25, 0.3) is 5.57 Å². The van der Waals surface area contributed by atoms with E-state index in [2.05, 4.69) is 11.9 Å². The fourth-order valence-corrected chi connectivity index (χ4v) is 6.52. The summed E-state index contributed by atoms with van der Waals surface area (Å²) in [7, 11) is 0. The Morgan fingerprint density at radius 2 is 1.69 bits per heavy atom. The average Bonchev–Trinajstić information content (AvgIpc) is 3.40. The molecule has 0 fully saturated rings. The van der Waals surface area contributed by atoms with E-state index in [4.69, 9.17) is 4.74 Å². The van der Waals surface area contributed by atoms with Gasteiger partial charge in [-0.1, -0.05) is 92.5 Å². The molecule has 8 heteroatoms. The first-order valence-corrected chi connectivity index (χ1v) is 14.5. The van der Waals surface area contributed by atoms with Crippen LogP contribution in [0.1, 0.15) is 70.0 Å². The maximum atomic E-state index is 14.2. The van der Waals surface area contributed by atoms with E-state index in [1.807, 2.05) is 54.6 Å². The summed E-state index contributed by atoms with van der Waals surface area (Å²) in [6.07, 6.45) is 5.46. The van der Waals surface area contributed by atoms with Gasteiger partial charge in [-0.15, -0.1) is 0 Å². The maximum Gasteiger partial charge on any atom is 0.338 e. The van der Waals surface area contributed by atoms with Crippen molar-refractivity contribution in [1.29, 1.82) is 0 Å². The van der Waals surface area contributed by atoms with Crippen LogP contribution in [0.5, 0.6) is 0 Å². The number of thiazole rings is 1. The summed E-state index contributed by atoms with van der Waals surface area (Å²) in [4.78, 5) is 48.0. The van der Waals surface area contributed by atoms with Crippen LogP contribution in [0.3, 0.4) is 0 Å². The number of benzene rings is 2. The Balaban J connectivity index is 1.66. The van der Waals surface area contributed by atoms with Crippen molar-refractivity contribution in [3.63, 3.8) is 0 Å². The number of amides is 1. The van der Waals surface area contributed by atoms with Gasteiger partial charge in [0.1, 0.15) is 4.53 Å². The molecule has 3 heterocycles. The van der Waals surface area contributed by atoms with Crippen molar-refractivity contribution >= 4 is 34.5 Å². The van der Waals surface area contributed by atoms with E-state index in [0.717, 1.165) is 42.5 Å². The number of carbonyl (C=O) groups is 2. The molecular weight excluding hydrogens is 510 g/mol. The topological polar surface area (TPSA) is 81.0 Å². The number of para-hydroxylation sites is 1. The van der Waals surface area contributed by atoms with Crippen molar-refractivity contribution in [3.05, 3.63) is 96.7 Å². The van der Waals surface area contributed by atoms with E-state index < -0.39 is 12.0 Å². The predicted octanol–water partition coefficient (Wildman–Crippen LogP) is 4.49. The zero-order chi connectivity index (χ0) is 27.5. The monoisotopic (exact) mass is 543 g/mol. The summed E-state index contributed by atoms with van der Waals surface area (Å²) >= 11 is 1.21. The van der Waals surface area contributed by atoms with E-state index in [9.17, 15) is 14.4 Å². The Morgan fingerprint density at radius 3 is 2.44 bits per heavy atom. The van der Waals surface area contributed by atoms with Gasteiger partial charge in [0, 0.05) is 12.1 Å². The summed E-state index contributed by atoms with van der Waals surface area (Å²) in [5.74, 6) is -0.656. The molecule has 2 aliphatic heterocycles. The number of anilines is 1. The van der Waals surface area contributed by atoms with Crippen molar-refractivity contribution in [2.75, 3.05) is 18.1 Å². The SMILES string of the molecule is CCCCCCCN1C(=O)/C(=c2\sc3n(c2=O)[C@@H](c2ccccc2)C(C(=O)OCC)=C(C)N=3)c2ccccc21. The number of hydrogen-bond donors (Lipinski definition) is 0. The molecule has 39 heavy (non-hydrogen) atoms. The number of aromatic nitrogens is 1. The molecule has 3 aromatic rings. The Kier molecular flexibility index (Phi) is 7.93. The van der Waals surface area contributed by atoms with Gasteiger partial charge in [0.05, 0.1) is 35.2 Å². The number of allylic oxidation sites excluding steroid dienone is 1. The van der Waals surface area contributed by atoms with E-state index in [1.165, 1.54) is 17.8 Å². The lowest BCUT2D eigenvalue weighted by atomic mass is 9.96. The normalized spacial score (nSPS) is 17.7. The number of fused-ring (bicyclic) bond motifs is 2. The molecule has 202 valence electrons. The highest BCUT2D eigenvalue weighted by atomic mass is 32.1. The highest BCUT2D eigenvalue weighted by Crippen LogP contribution is 2.36. The third-order valence-corrected chi connectivity index (χ3v) is 8.30. The predicted molar refractivity (Wildman–Crippen MR) is 153 cm³/mol. The third-order valence-electron chi connectivity index (χ3n) is 7.24. The molecular formula is C31H33N3O4S. The van der Waals surface area contributed by atoms with Crippen LogP contribution in [0, 0.1) is 0 Å². The second-order valence-corrected chi connectivity index (χ2v) is 10.8. The molecule has 0 saturated heterocycles. The van der Waals surface area contributed by atoms with Crippen LogP contribution >= 0.6 is 11.3 Å². The first-order chi connectivity index (χ1) is 19.0. The van der Waals surface area contributed by atoms with Gasteiger partial charge >= 0.3 is 5.97 Å². The van der Waals surface area contributed by atoms with Gasteiger partial charge in [-0.25, -0.2) is 9.79 Å². The molecule has 0 aliphatic carbocycles. The number of nitrogens with zero attached hydrogens (tertiary/aromatic N) is 3. The molecule has 1 atom stereocenters. The van der Waals surface area contributed by atoms with Gasteiger partial charge in [-0.05, 0) is 31.9 Å². The molecule has 0 bridgehead atoms. The van der Waals surface area contributed by atoms with E-state index >= 15 is 0 Å². The lowest BCUT2D eigenvalue weighted by Crippen LogP contribution is -2.41. The zero-order valence-corrected chi connectivity index (χ0v) is 23.4. The molecule has 1 aromatic heterocycles. The molecule has 2 aliphatic rings.